The minimum absolute atomic E-state index is 0.0481. The Hall–Kier alpha value is -1.37. The molecule has 0 amide bonds. The van der Waals surface area contributed by atoms with Gasteiger partial charge in [0.15, 0.2) is 0 Å². The average Bonchev–Trinajstić information content (AvgIpc) is 2.30. The molecule has 0 bridgehead atoms. The lowest BCUT2D eigenvalue weighted by Crippen LogP contribution is -2.24. The first-order valence-corrected chi connectivity index (χ1v) is 5.15. The van der Waals surface area contributed by atoms with Gasteiger partial charge in [0.2, 0.25) is 0 Å². The number of rotatable bonds is 5. The van der Waals surface area contributed by atoms with E-state index in [4.69, 9.17) is 10.4 Å². The number of benzene rings is 1. The van der Waals surface area contributed by atoms with Gasteiger partial charge in [0.1, 0.15) is 6.04 Å². The van der Waals surface area contributed by atoms with E-state index >= 15 is 0 Å². The second-order valence-electron chi connectivity index (χ2n) is 3.29. The van der Waals surface area contributed by atoms with E-state index in [-0.39, 0.29) is 12.6 Å². The maximum Gasteiger partial charge on any atom is 0.121 e. The van der Waals surface area contributed by atoms with Gasteiger partial charge in [0.25, 0.3) is 0 Å². The molecule has 0 aromatic heterocycles. The maximum atomic E-state index is 9.03. The molecule has 0 radical (unpaired) electrons. The van der Waals surface area contributed by atoms with E-state index in [0.29, 0.717) is 6.54 Å². The zero-order valence-corrected chi connectivity index (χ0v) is 8.90. The minimum Gasteiger partial charge on any atom is -0.395 e. The first-order valence-electron chi connectivity index (χ1n) is 5.15. The fraction of sp³-hybridized carbons (Fsp3) is 0.417. The molecule has 0 aliphatic carbocycles. The Bertz CT molecular complexity index is 344. The molecule has 0 saturated heterocycles. The summed E-state index contributed by atoms with van der Waals surface area (Å²) >= 11 is 0. The summed E-state index contributed by atoms with van der Waals surface area (Å²) < 4.78 is 0. The number of nitriles is 1. The van der Waals surface area contributed by atoms with E-state index in [1.165, 1.54) is 5.56 Å². The third-order valence-electron chi connectivity index (χ3n) is 2.34. The summed E-state index contributed by atoms with van der Waals surface area (Å²) in [5.74, 6) is 0. The molecule has 1 atom stereocenters. The summed E-state index contributed by atoms with van der Waals surface area (Å²) in [5, 5.41) is 20.7. The molecule has 2 N–H and O–H groups in total. The molecule has 3 heteroatoms. The molecule has 80 valence electrons. The Kier molecular flexibility index (Phi) is 4.82. The van der Waals surface area contributed by atoms with Crippen molar-refractivity contribution >= 4 is 0 Å². The summed E-state index contributed by atoms with van der Waals surface area (Å²) in [7, 11) is 0. The number of hydrogen-bond acceptors (Lipinski definition) is 3. The Morgan fingerprint density at radius 1 is 1.47 bits per heavy atom. The average molecular weight is 204 g/mol. The van der Waals surface area contributed by atoms with Crippen LogP contribution in [0.25, 0.3) is 0 Å². The predicted octanol–water partition coefficient (Wildman–Crippen LogP) is 1.40. The van der Waals surface area contributed by atoms with Crippen LogP contribution in [0.1, 0.15) is 24.1 Å². The third kappa shape index (κ3) is 3.05. The quantitative estimate of drug-likeness (QED) is 0.762. The largest absolute Gasteiger partial charge is 0.395 e. The van der Waals surface area contributed by atoms with Crippen LogP contribution in [0.5, 0.6) is 0 Å². The van der Waals surface area contributed by atoms with Gasteiger partial charge in [-0.25, -0.2) is 0 Å². The van der Waals surface area contributed by atoms with Crippen molar-refractivity contribution in [2.24, 2.45) is 0 Å². The fourth-order valence-corrected chi connectivity index (χ4v) is 1.57. The number of aryl methyl sites for hydroxylation is 1. The lowest BCUT2D eigenvalue weighted by atomic mass is 9.99. The number of aliphatic hydroxyl groups excluding tert-OH is 1. The highest BCUT2D eigenvalue weighted by atomic mass is 16.3. The van der Waals surface area contributed by atoms with Crippen LogP contribution in [-0.4, -0.2) is 18.3 Å². The fourth-order valence-electron chi connectivity index (χ4n) is 1.57. The van der Waals surface area contributed by atoms with Crippen molar-refractivity contribution in [3.8, 4) is 6.07 Å². The van der Waals surface area contributed by atoms with Crippen LogP contribution >= 0.6 is 0 Å². The second kappa shape index (κ2) is 6.18. The molecule has 0 fully saturated rings. The third-order valence-corrected chi connectivity index (χ3v) is 2.34. The van der Waals surface area contributed by atoms with Crippen molar-refractivity contribution in [3.63, 3.8) is 0 Å². The van der Waals surface area contributed by atoms with Gasteiger partial charge in [0.05, 0.1) is 12.7 Å². The maximum absolute atomic E-state index is 9.03. The van der Waals surface area contributed by atoms with E-state index in [2.05, 4.69) is 18.3 Å². The number of hydrogen-bond donors (Lipinski definition) is 2. The monoisotopic (exact) mass is 204 g/mol. The highest BCUT2D eigenvalue weighted by Crippen LogP contribution is 2.17. The van der Waals surface area contributed by atoms with Crippen molar-refractivity contribution in [1.29, 1.82) is 5.26 Å². The summed E-state index contributed by atoms with van der Waals surface area (Å²) in [6.07, 6.45) is 0.912. The van der Waals surface area contributed by atoms with Gasteiger partial charge in [-0.15, -0.1) is 0 Å². The van der Waals surface area contributed by atoms with Gasteiger partial charge in [-0.3, -0.25) is 5.32 Å². The van der Waals surface area contributed by atoms with Crippen molar-refractivity contribution in [1.82, 2.24) is 5.32 Å². The van der Waals surface area contributed by atoms with E-state index in [1.807, 2.05) is 24.3 Å². The first kappa shape index (κ1) is 11.7. The van der Waals surface area contributed by atoms with Gasteiger partial charge < -0.3 is 5.11 Å². The zero-order valence-electron chi connectivity index (χ0n) is 8.90. The molecule has 1 aromatic rings. The number of aliphatic hydroxyl groups is 1. The first-order chi connectivity index (χ1) is 7.33. The molecular formula is C12H16N2O. The van der Waals surface area contributed by atoms with Crippen molar-refractivity contribution < 1.29 is 5.11 Å². The van der Waals surface area contributed by atoms with Gasteiger partial charge >= 0.3 is 0 Å². The molecule has 1 unspecified atom stereocenters. The lowest BCUT2D eigenvalue weighted by Gasteiger charge is -2.14. The minimum atomic E-state index is -0.326. The van der Waals surface area contributed by atoms with Gasteiger partial charge in [-0.2, -0.15) is 5.26 Å². The molecule has 0 aliphatic heterocycles. The molecule has 0 heterocycles. The molecule has 0 spiro atoms. The molecule has 0 saturated carbocycles. The predicted molar refractivity (Wildman–Crippen MR) is 59.3 cm³/mol. The van der Waals surface area contributed by atoms with Crippen LogP contribution in [0.3, 0.4) is 0 Å². The highest BCUT2D eigenvalue weighted by molar-refractivity contribution is 5.33. The van der Waals surface area contributed by atoms with Gasteiger partial charge in [0, 0.05) is 6.54 Å². The summed E-state index contributed by atoms with van der Waals surface area (Å²) in [6, 6.07) is 9.77. The van der Waals surface area contributed by atoms with Crippen molar-refractivity contribution in [2.45, 2.75) is 19.4 Å². The molecular weight excluding hydrogens is 188 g/mol. The van der Waals surface area contributed by atoms with E-state index in [1.54, 1.807) is 0 Å². The normalized spacial score (nSPS) is 12.1. The highest BCUT2D eigenvalue weighted by Gasteiger charge is 2.11. The summed E-state index contributed by atoms with van der Waals surface area (Å²) in [4.78, 5) is 0. The van der Waals surface area contributed by atoms with Gasteiger partial charge in [-0.05, 0) is 17.5 Å². The molecule has 3 nitrogen and oxygen atoms in total. The SMILES string of the molecule is CCc1ccccc1C(C#N)NCCO. The lowest BCUT2D eigenvalue weighted by molar-refractivity contribution is 0.289. The summed E-state index contributed by atoms with van der Waals surface area (Å²) in [6.45, 7) is 2.56. The van der Waals surface area contributed by atoms with Crippen molar-refractivity contribution in [2.75, 3.05) is 13.2 Å². The standard InChI is InChI=1S/C12H16N2O/c1-2-10-5-3-4-6-11(10)12(9-13)14-7-8-15/h3-6,12,14-15H,2,7-8H2,1H3. The van der Waals surface area contributed by atoms with E-state index in [9.17, 15) is 0 Å². The Balaban J connectivity index is 2.86. The zero-order chi connectivity index (χ0) is 11.1. The Labute approximate surface area is 90.4 Å². The van der Waals surface area contributed by atoms with Crippen LogP contribution in [0, 0.1) is 11.3 Å². The Morgan fingerprint density at radius 2 is 2.20 bits per heavy atom. The van der Waals surface area contributed by atoms with Crippen LogP contribution in [0.15, 0.2) is 24.3 Å². The molecule has 1 aromatic carbocycles. The molecule has 15 heavy (non-hydrogen) atoms. The number of nitrogens with one attached hydrogen (secondary N) is 1. The van der Waals surface area contributed by atoms with Crippen molar-refractivity contribution in [3.05, 3.63) is 35.4 Å². The van der Waals surface area contributed by atoms with E-state index < -0.39 is 0 Å². The summed E-state index contributed by atoms with van der Waals surface area (Å²) in [5.41, 5.74) is 2.19. The number of nitrogens with zero attached hydrogens (tertiary/aromatic N) is 1. The van der Waals surface area contributed by atoms with Gasteiger partial charge in [-0.1, -0.05) is 31.2 Å². The van der Waals surface area contributed by atoms with E-state index in [0.717, 1.165) is 12.0 Å². The second-order valence-corrected chi connectivity index (χ2v) is 3.29. The Morgan fingerprint density at radius 3 is 2.80 bits per heavy atom. The topological polar surface area (TPSA) is 56.0 Å². The molecule has 1 rings (SSSR count). The molecule has 0 aliphatic rings. The smallest absolute Gasteiger partial charge is 0.121 e. The van der Waals surface area contributed by atoms with Crippen LogP contribution in [0.2, 0.25) is 0 Å². The van der Waals surface area contributed by atoms with Crippen LogP contribution in [-0.2, 0) is 6.42 Å². The van der Waals surface area contributed by atoms with Crippen LogP contribution < -0.4 is 5.32 Å². The van der Waals surface area contributed by atoms with Crippen LogP contribution in [0.4, 0.5) is 0 Å².